The number of aromatic nitrogens is 4. The van der Waals surface area contributed by atoms with E-state index in [2.05, 4.69) is 25.5 Å². The van der Waals surface area contributed by atoms with Gasteiger partial charge in [0, 0.05) is 19.0 Å². The second kappa shape index (κ2) is 7.49. The summed E-state index contributed by atoms with van der Waals surface area (Å²) in [5, 5.41) is 15.1. The van der Waals surface area contributed by atoms with E-state index >= 15 is 0 Å². The molecule has 28 heavy (non-hydrogen) atoms. The Hall–Kier alpha value is -3.10. The van der Waals surface area contributed by atoms with Crippen molar-refractivity contribution in [3.8, 4) is 0 Å². The van der Waals surface area contributed by atoms with Crippen LogP contribution >= 0.6 is 0 Å². The second-order valence-corrected chi connectivity index (χ2v) is 6.99. The van der Waals surface area contributed by atoms with E-state index in [1.165, 1.54) is 6.07 Å². The third kappa shape index (κ3) is 3.64. The van der Waals surface area contributed by atoms with Crippen LogP contribution in [0.4, 0.5) is 14.6 Å². The Morgan fingerprint density at radius 2 is 1.96 bits per heavy atom. The van der Waals surface area contributed by atoms with Gasteiger partial charge < -0.3 is 10.2 Å². The lowest BCUT2D eigenvalue weighted by Gasteiger charge is -2.32. The molecule has 1 aromatic carbocycles. The van der Waals surface area contributed by atoms with E-state index in [0.717, 1.165) is 18.0 Å². The van der Waals surface area contributed by atoms with Crippen molar-refractivity contribution in [2.45, 2.75) is 25.8 Å². The zero-order valence-electron chi connectivity index (χ0n) is 15.3. The van der Waals surface area contributed by atoms with Gasteiger partial charge in [-0.15, -0.1) is 15.3 Å². The summed E-state index contributed by atoms with van der Waals surface area (Å²) in [5.74, 6) is -1.18. The Kier molecular flexibility index (Phi) is 4.89. The smallest absolute Gasteiger partial charge is 0.223 e. The molecule has 0 spiro atoms. The highest BCUT2D eigenvalue weighted by Crippen LogP contribution is 2.23. The summed E-state index contributed by atoms with van der Waals surface area (Å²) in [6.07, 6.45) is 2.94. The molecule has 0 saturated carbocycles. The third-order valence-electron chi connectivity index (χ3n) is 5.14. The first-order valence-corrected chi connectivity index (χ1v) is 9.18. The summed E-state index contributed by atoms with van der Waals surface area (Å²) in [6.45, 7) is 3.18. The van der Waals surface area contributed by atoms with Gasteiger partial charge in [0.25, 0.3) is 0 Å². The first-order chi connectivity index (χ1) is 13.5. The number of nitrogens with one attached hydrogen (secondary N) is 1. The van der Waals surface area contributed by atoms with Gasteiger partial charge in [-0.2, -0.15) is 4.52 Å². The fraction of sp³-hybridized carbons (Fsp3) is 0.368. The van der Waals surface area contributed by atoms with Gasteiger partial charge in [-0.3, -0.25) is 4.79 Å². The van der Waals surface area contributed by atoms with Crippen molar-refractivity contribution in [2.24, 2.45) is 5.92 Å². The van der Waals surface area contributed by atoms with Gasteiger partial charge in [0.1, 0.15) is 12.1 Å². The highest BCUT2D eigenvalue weighted by molar-refractivity contribution is 5.79. The van der Waals surface area contributed by atoms with Crippen molar-refractivity contribution >= 4 is 17.4 Å². The van der Waals surface area contributed by atoms with Gasteiger partial charge in [0.05, 0.1) is 6.04 Å². The van der Waals surface area contributed by atoms with Crippen molar-refractivity contribution in [1.29, 1.82) is 0 Å². The predicted molar refractivity (Wildman–Crippen MR) is 98.6 cm³/mol. The SMILES string of the molecule is CC(NC(=O)C1CCN(c2ccc3nncn3n2)CC1)c1ccc(F)c(F)c1. The molecule has 1 aliphatic rings. The molecule has 146 valence electrons. The molecular formula is C19H20F2N6O. The summed E-state index contributed by atoms with van der Waals surface area (Å²) in [7, 11) is 0. The van der Waals surface area contributed by atoms with Crippen molar-refractivity contribution in [3.05, 3.63) is 53.9 Å². The maximum atomic E-state index is 13.4. The molecule has 2 aromatic heterocycles. The zero-order chi connectivity index (χ0) is 19.7. The van der Waals surface area contributed by atoms with Crippen LogP contribution in [0.1, 0.15) is 31.4 Å². The molecule has 1 saturated heterocycles. The molecule has 0 aliphatic carbocycles. The van der Waals surface area contributed by atoms with E-state index < -0.39 is 17.7 Å². The van der Waals surface area contributed by atoms with Crippen LogP contribution < -0.4 is 10.2 Å². The fourth-order valence-corrected chi connectivity index (χ4v) is 3.45. The van der Waals surface area contributed by atoms with E-state index in [0.29, 0.717) is 37.1 Å². The number of hydrogen-bond donors (Lipinski definition) is 1. The van der Waals surface area contributed by atoms with Gasteiger partial charge in [0.2, 0.25) is 5.91 Å². The topological polar surface area (TPSA) is 75.4 Å². The molecule has 3 heterocycles. The van der Waals surface area contributed by atoms with Crippen LogP contribution in [0.25, 0.3) is 5.65 Å². The Morgan fingerprint density at radius 1 is 1.18 bits per heavy atom. The van der Waals surface area contributed by atoms with Crippen LogP contribution in [0.2, 0.25) is 0 Å². The molecule has 3 aromatic rings. The zero-order valence-corrected chi connectivity index (χ0v) is 15.3. The lowest BCUT2D eigenvalue weighted by atomic mass is 9.95. The van der Waals surface area contributed by atoms with Crippen LogP contribution in [0, 0.1) is 17.6 Å². The Morgan fingerprint density at radius 3 is 2.71 bits per heavy atom. The maximum Gasteiger partial charge on any atom is 0.223 e. The molecule has 0 bridgehead atoms. The Labute approximate surface area is 160 Å². The molecule has 1 atom stereocenters. The number of anilines is 1. The molecule has 0 radical (unpaired) electrons. The van der Waals surface area contributed by atoms with Crippen molar-refractivity contribution < 1.29 is 13.6 Å². The lowest BCUT2D eigenvalue weighted by Crippen LogP contribution is -2.41. The number of amides is 1. The van der Waals surface area contributed by atoms with Gasteiger partial charge in [-0.1, -0.05) is 6.07 Å². The van der Waals surface area contributed by atoms with E-state index in [-0.39, 0.29) is 11.8 Å². The number of halogens is 2. The monoisotopic (exact) mass is 386 g/mol. The van der Waals surface area contributed by atoms with E-state index in [4.69, 9.17) is 0 Å². The first-order valence-electron chi connectivity index (χ1n) is 9.18. The summed E-state index contributed by atoms with van der Waals surface area (Å²) < 4.78 is 28.1. The highest BCUT2D eigenvalue weighted by atomic mass is 19.2. The molecular weight excluding hydrogens is 366 g/mol. The average molecular weight is 386 g/mol. The Balaban J connectivity index is 1.35. The van der Waals surface area contributed by atoms with E-state index in [1.54, 1.807) is 17.8 Å². The molecule has 9 heteroatoms. The van der Waals surface area contributed by atoms with Crippen LogP contribution in [0.15, 0.2) is 36.7 Å². The minimum absolute atomic E-state index is 0.0703. The van der Waals surface area contributed by atoms with Crippen molar-refractivity contribution in [1.82, 2.24) is 25.1 Å². The number of carbonyl (C=O) groups is 1. The normalized spacial score (nSPS) is 16.3. The summed E-state index contributed by atoms with van der Waals surface area (Å²) in [6, 6.07) is 7.05. The fourth-order valence-electron chi connectivity index (χ4n) is 3.45. The number of hydrogen-bond acceptors (Lipinski definition) is 5. The van der Waals surface area contributed by atoms with Crippen molar-refractivity contribution in [3.63, 3.8) is 0 Å². The average Bonchev–Trinajstić information content (AvgIpc) is 3.18. The quantitative estimate of drug-likeness (QED) is 0.746. The molecule has 1 aliphatic heterocycles. The maximum absolute atomic E-state index is 13.4. The van der Waals surface area contributed by atoms with Crippen LogP contribution in [-0.2, 0) is 4.79 Å². The van der Waals surface area contributed by atoms with Gasteiger partial charge in [0.15, 0.2) is 17.3 Å². The summed E-state index contributed by atoms with van der Waals surface area (Å²) >= 11 is 0. The van der Waals surface area contributed by atoms with E-state index in [1.807, 2.05) is 12.1 Å². The molecule has 4 rings (SSSR count). The minimum atomic E-state index is -0.913. The molecule has 1 unspecified atom stereocenters. The van der Waals surface area contributed by atoms with Gasteiger partial charge in [-0.05, 0) is 49.6 Å². The number of nitrogens with zero attached hydrogens (tertiary/aromatic N) is 5. The van der Waals surface area contributed by atoms with Crippen molar-refractivity contribution in [2.75, 3.05) is 18.0 Å². The molecule has 7 nitrogen and oxygen atoms in total. The standard InChI is InChI=1S/C19H20F2N6O/c1-12(14-2-3-15(20)16(21)10-14)23-19(28)13-6-8-26(9-7-13)18-5-4-17-24-22-11-27(17)25-18/h2-5,10-13H,6-9H2,1H3,(H,23,28). The number of rotatable bonds is 4. The number of piperidine rings is 1. The van der Waals surface area contributed by atoms with Crippen LogP contribution in [-0.4, -0.2) is 38.8 Å². The van der Waals surface area contributed by atoms with Crippen LogP contribution in [0.3, 0.4) is 0 Å². The third-order valence-corrected chi connectivity index (χ3v) is 5.14. The number of benzene rings is 1. The van der Waals surface area contributed by atoms with Gasteiger partial charge in [-0.25, -0.2) is 8.78 Å². The highest BCUT2D eigenvalue weighted by Gasteiger charge is 2.27. The summed E-state index contributed by atoms with van der Waals surface area (Å²) in [5.41, 5.74) is 1.22. The Bertz CT molecular complexity index is 999. The largest absolute Gasteiger partial charge is 0.355 e. The molecule has 1 amide bonds. The minimum Gasteiger partial charge on any atom is -0.355 e. The number of carbonyl (C=O) groups excluding carboxylic acids is 1. The van der Waals surface area contributed by atoms with Crippen LogP contribution in [0.5, 0.6) is 0 Å². The first kappa shape index (κ1) is 18.3. The lowest BCUT2D eigenvalue weighted by molar-refractivity contribution is -0.126. The number of fused-ring (bicyclic) bond motifs is 1. The van der Waals surface area contributed by atoms with Gasteiger partial charge >= 0.3 is 0 Å². The molecule has 1 N–H and O–H groups in total. The van der Waals surface area contributed by atoms with E-state index in [9.17, 15) is 13.6 Å². The molecule has 1 fully saturated rings. The second-order valence-electron chi connectivity index (χ2n) is 6.99. The summed E-state index contributed by atoms with van der Waals surface area (Å²) in [4.78, 5) is 14.7. The predicted octanol–water partition coefficient (Wildman–Crippen LogP) is 2.50.